The summed E-state index contributed by atoms with van der Waals surface area (Å²) in [5.74, 6) is 0.799. The summed E-state index contributed by atoms with van der Waals surface area (Å²) >= 11 is 6.23. The average molecular weight is 445 g/mol. The first-order valence-corrected chi connectivity index (χ1v) is 11.1. The molecule has 2 fully saturated rings. The zero-order valence-electron chi connectivity index (χ0n) is 17.7. The van der Waals surface area contributed by atoms with Crippen molar-refractivity contribution in [2.75, 3.05) is 39.1 Å². The molecule has 2 saturated heterocycles. The first-order chi connectivity index (χ1) is 15.0. The number of anilines is 1. The van der Waals surface area contributed by atoms with E-state index in [2.05, 4.69) is 45.3 Å². The van der Waals surface area contributed by atoms with E-state index in [9.17, 15) is 0 Å². The summed E-state index contributed by atoms with van der Waals surface area (Å²) < 4.78 is 6.83. The molecule has 0 bridgehead atoms. The quantitative estimate of drug-likeness (QED) is 0.626. The zero-order chi connectivity index (χ0) is 21.8. The lowest BCUT2D eigenvalue weighted by Gasteiger charge is -2.29. The van der Waals surface area contributed by atoms with Crippen LogP contribution in [0.4, 0.5) is 5.95 Å². The van der Waals surface area contributed by atoms with Gasteiger partial charge in [0.25, 0.3) is 0 Å². The van der Waals surface area contributed by atoms with Gasteiger partial charge in [-0.25, -0.2) is 14.5 Å². The minimum absolute atomic E-state index is 0.186. The van der Waals surface area contributed by atoms with Crippen LogP contribution in [-0.2, 0) is 4.74 Å². The monoisotopic (exact) mass is 444 g/mol. The van der Waals surface area contributed by atoms with E-state index in [0.29, 0.717) is 23.2 Å². The number of aliphatic hydroxyl groups excluding tert-OH is 1. The Morgan fingerprint density at radius 2 is 2.00 bits per heavy atom. The van der Waals surface area contributed by atoms with E-state index in [1.807, 2.05) is 4.52 Å². The number of nitrogens with zero attached hydrogens (tertiary/aromatic N) is 5. The third-order valence-electron chi connectivity index (χ3n) is 5.88. The number of pyridine rings is 1. The van der Waals surface area contributed by atoms with Crippen molar-refractivity contribution >= 4 is 23.1 Å². The number of rotatable bonds is 2. The molecule has 0 saturated carbocycles. The molecule has 0 aliphatic carbocycles. The molecule has 166 valence electrons. The Bertz CT molecular complexity index is 1010. The van der Waals surface area contributed by atoms with Crippen molar-refractivity contribution < 1.29 is 9.84 Å². The number of aliphatic hydroxyl groups is 1. The normalized spacial score (nSPS) is 20.4. The minimum Gasteiger partial charge on any atom is -0.391 e. The number of likely N-dealkylation sites (tertiary alicyclic amines) is 1. The second-order valence-corrected chi connectivity index (χ2v) is 8.63. The number of fused-ring (bicyclic) bond motifs is 1. The molecule has 0 radical (unpaired) electrons. The summed E-state index contributed by atoms with van der Waals surface area (Å²) in [5, 5.41) is 13.7. The molecular weight excluding hydrogens is 416 g/mol. The lowest BCUT2D eigenvalue weighted by Crippen LogP contribution is -2.29. The predicted octanol–water partition coefficient (Wildman–Crippen LogP) is 2.99. The van der Waals surface area contributed by atoms with E-state index >= 15 is 0 Å². The molecule has 31 heavy (non-hydrogen) atoms. The fourth-order valence-electron chi connectivity index (χ4n) is 4.06. The number of piperidine rings is 1. The predicted molar refractivity (Wildman–Crippen MR) is 121 cm³/mol. The first kappa shape index (κ1) is 22.0. The summed E-state index contributed by atoms with van der Waals surface area (Å²) in [6, 6.07) is 4.28. The van der Waals surface area contributed by atoms with Crippen LogP contribution in [0.1, 0.15) is 37.2 Å². The molecule has 3 aromatic heterocycles. The largest absolute Gasteiger partial charge is 0.391 e. The number of nitrogens with two attached hydrogens (primary N) is 1. The van der Waals surface area contributed by atoms with Crippen molar-refractivity contribution in [3.8, 4) is 11.3 Å². The molecule has 3 aromatic rings. The molecule has 9 heteroatoms. The van der Waals surface area contributed by atoms with Crippen LogP contribution in [0.2, 0.25) is 5.02 Å². The van der Waals surface area contributed by atoms with E-state index in [1.165, 1.54) is 24.6 Å². The van der Waals surface area contributed by atoms with E-state index in [1.54, 1.807) is 6.20 Å². The summed E-state index contributed by atoms with van der Waals surface area (Å²) in [7, 11) is 2.18. The van der Waals surface area contributed by atoms with Crippen LogP contribution in [0.5, 0.6) is 0 Å². The van der Waals surface area contributed by atoms with Gasteiger partial charge in [0.2, 0.25) is 5.95 Å². The third-order valence-corrected chi connectivity index (χ3v) is 6.16. The van der Waals surface area contributed by atoms with Gasteiger partial charge in [0.15, 0.2) is 0 Å². The molecule has 1 atom stereocenters. The molecule has 1 unspecified atom stereocenters. The van der Waals surface area contributed by atoms with Crippen molar-refractivity contribution in [3.05, 3.63) is 41.3 Å². The maximum absolute atomic E-state index is 8.78. The van der Waals surface area contributed by atoms with Crippen LogP contribution in [0, 0.1) is 0 Å². The van der Waals surface area contributed by atoms with Gasteiger partial charge >= 0.3 is 0 Å². The summed E-state index contributed by atoms with van der Waals surface area (Å²) in [4.78, 5) is 10.6. The van der Waals surface area contributed by atoms with Crippen LogP contribution in [0.3, 0.4) is 0 Å². The van der Waals surface area contributed by atoms with Gasteiger partial charge in [-0.1, -0.05) is 17.7 Å². The van der Waals surface area contributed by atoms with E-state index in [0.717, 1.165) is 43.6 Å². The Morgan fingerprint density at radius 1 is 1.19 bits per heavy atom. The standard InChI is InChI=1S/C17H19ClN6.C5H10O2/c1-23-6-4-11(5-7-23)12-2-3-15-13(8-21-24(15)10-12)16-14(18)9-20-17(19)22-16;6-5-2-1-3-7-4-5/h2-3,8-11H,4-7H2,1H3,(H2,19,20,22);5-6H,1-4H2. The number of hydrogen-bond acceptors (Lipinski definition) is 7. The molecule has 5 rings (SSSR count). The van der Waals surface area contributed by atoms with Crippen LogP contribution < -0.4 is 5.73 Å². The number of aromatic nitrogens is 4. The van der Waals surface area contributed by atoms with Crippen LogP contribution >= 0.6 is 11.6 Å². The van der Waals surface area contributed by atoms with Gasteiger partial charge < -0.3 is 20.5 Å². The van der Waals surface area contributed by atoms with E-state index in [-0.39, 0.29) is 12.1 Å². The highest BCUT2D eigenvalue weighted by Crippen LogP contribution is 2.32. The highest BCUT2D eigenvalue weighted by atomic mass is 35.5. The molecule has 5 heterocycles. The van der Waals surface area contributed by atoms with Gasteiger partial charge in [-0.2, -0.15) is 5.10 Å². The number of hydrogen-bond donors (Lipinski definition) is 2. The number of ether oxygens (including phenoxy) is 1. The fraction of sp³-hybridized carbons (Fsp3) is 0.500. The van der Waals surface area contributed by atoms with Crippen LogP contribution in [0.15, 0.2) is 30.7 Å². The Kier molecular flexibility index (Phi) is 7.02. The molecule has 0 spiro atoms. The van der Waals surface area contributed by atoms with Crippen LogP contribution in [0.25, 0.3) is 16.8 Å². The topological polar surface area (TPSA) is 102 Å². The number of halogens is 1. The van der Waals surface area contributed by atoms with E-state index in [4.69, 9.17) is 27.2 Å². The third kappa shape index (κ3) is 5.33. The molecule has 0 aromatic carbocycles. The lowest BCUT2D eigenvalue weighted by atomic mass is 9.90. The lowest BCUT2D eigenvalue weighted by molar-refractivity contribution is -0.00535. The van der Waals surface area contributed by atoms with Gasteiger partial charge in [-0.15, -0.1) is 0 Å². The summed E-state index contributed by atoms with van der Waals surface area (Å²) in [6.07, 6.45) is 9.54. The minimum atomic E-state index is -0.186. The van der Waals surface area contributed by atoms with Crippen LogP contribution in [-0.4, -0.2) is 69.0 Å². The Morgan fingerprint density at radius 3 is 2.68 bits per heavy atom. The van der Waals surface area contributed by atoms with Crippen molar-refractivity contribution in [1.82, 2.24) is 24.5 Å². The molecule has 3 N–H and O–H groups in total. The average Bonchev–Trinajstić information content (AvgIpc) is 3.20. The van der Waals surface area contributed by atoms with Crippen molar-refractivity contribution in [2.24, 2.45) is 0 Å². The van der Waals surface area contributed by atoms with Gasteiger partial charge in [0.1, 0.15) is 0 Å². The number of nitrogen functional groups attached to an aromatic ring is 1. The van der Waals surface area contributed by atoms with Crippen molar-refractivity contribution in [3.63, 3.8) is 0 Å². The molecular formula is C22H29ClN6O2. The van der Waals surface area contributed by atoms with Gasteiger partial charge in [-0.05, 0) is 63.4 Å². The van der Waals surface area contributed by atoms with Crippen molar-refractivity contribution in [1.29, 1.82) is 0 Å². The van der Waals surface area contributed by atoms with E-state index < -0.39 is 0 Å². The van der Waals surface area contributed by atoms with Gasteiger partial charge in [0.05, 0.1) is 41.3 Å². The highest BCUT2D eigenvalue weighted by molar-refractivity contribution is 6.33. The first-order valence-electron chi connectivity index (χ1n) is 10.7. The smallest absolute Gasteiger partial charge is 0.220 e. The molecule has 0 amide bonds. The Hall–Kier alpha value is -2.26. The van der Waals surface area contributed by atoms with Crippen molar-refractivity contribution in [2.45, 2.75) is 37.7 Å². The second kappa shape index (κ2) is 9.91. The Labute approximate surface area is 187 Å². The summed E-state index contributed by atoms with van der Waals surface area (Å²) in [5.41, 5.74) is 9.48. The second-order valence-electron chi connectivity index (χ2n) is 8.22. The SMILES string of the molecule is CN1CCC(c2ccc3c(-c4nc(N)ncc4Cl)cnn3c2)CC1.OC1CCCOC1. The maximum Gasteiger partial charge on any atom is 0.220 e. The Balaban J connectivity index is 0.000000282. The molecule has 2 aliphatic rings. The zero-order valence-corrected chi connectivity index (χ0v) is 18.5. The van der Waals surface area contributed by atoms with Gasteiger partial charge in [-0.3, -0.25) is 0 Å². The molecule has 8 nitrogen and oxygen atoms in total. The summed E-state index contributed by atoms with van der Waals surface area (Å²) in [6.45, 7) is 3.66. The maximum atomic E-state index is 8.78. The molecule has 2 aliphatic heterocycles. The highest BCUT2D eigenvalue weighted by Gasteiger charge is 2.20. The van der Waals surface area contributed by atoms with Gasteiger partial charge in [0, 0.05) is 18.4 Å². The fourth-order valence-corrected chi connectivity index (χ4v) is 4.25.